The number of carbonyl (C=O) groups excluding carboxylic acids is 2. The van der Waals surface area contributed by atoms with Crippen LogP contribution in [0.4, 0.5) is 10.6 Å². The highest BCUT2D eigenvalue weighted by Gasteiger charge is 2.61. The van der Waals surface area contributed by atoms with E-state index < -0.39 is 5.54 Å². The van der Waals surface area contributed by atoms with Crippen molar-refractivity contribution in [2.75, 3.05) is 4.90 Å². The molecule has 0 atom stereocenters. The van der Waals surface area contributed by atoms with Crippen LogP contribution >= 0.6 is 0 Å². The molecule has 3 fully saturated rings. The molecule has 2 heterocycles. The van der Waals surface area contributed by atoms with Crippen LogP contribution in [0.15, 0.2) is 24.3 Å². The van der Waals surface area contributed by atoms with E-state index in [9.17, 15) is 9.59 Å². The Labute approximate surface area is 139 Å². The van der Waals surface area contributed by atoms with Gasteiger partial charge in [-0.3, -0.25) is 9.48 Å². The number of hydrogen-bond donors (Lipinski definition) is 1. The van der Waals surface area contributed by atoms with Gasteiger partial charge in [0.25, 0.3) is 5.91 Å². The van der Waals surface area contributed by atoms with Crippen LogP contribution < -0.4 is 10.2 Å². The molecular formula is C18H20N4O2. The lowest BCUT2D eigenvalue weighted by Crippen LogP contribution is -2.59. The Morgan fingerprint density at radius 1 is 1.17 bits per heavy atom. The Morgan fingerprint density at radius 3 is 2.62 bits per heavy atom. The molecule has 0 radical (unpaired) electrons. The molecule has 24 heavy (non-hydrogen) atoms. The Hall–Kier alpha value is -2.37. The summed E-state index contributed by atoms with van der Waals surface area (Å²) < 4.78 is 1.72. The summed E-state index contributed by atoms with van der Waals surface area (Å²) in [5, 5.41) is 8.23. The van der Waals surface area contributed by atoms with Crippen LogP contribution in [0.3, 0.4) is 0 Å². The molecule has 6 heteroatoms. The van der Waals surface area contributed by atoms with Gasteiger partial charge in [-0.1, -0.05) is 31.4 Å². The van der Waals surface area contributed by atoms with Crippen LogP contribution in [0.1, 0.15) is 32.1 Å². The molecule has 124 valence electrons. The number of aromatic nitrogens is 2. The van der Waals surface area contributed by atoms with Gasteiger partial charge in [-0.25, -0.2) is 9.69 Å². The van der Waals surface area contributed by atoms with Gasteiger partial charge in [-0.2, -0.15) is 5.10 Å². The highest BCUT2D eigenvalue weighted by molar-refractivity contribution is 6.25. The number of fused-ring (bicyclic) bond motifs is 1. The predicted molar refractivity (Wildman–Crippen MR) is 89.5 cm³/mol. The fraction of sp³-hybridized carbons (Fsp3) is 0.500. The highest BCUT2D eigenvalue weighted by Crippen LogP contribution is 2.51. The minimum atomic E-state index is -0.685. The molecule has 0 bridgehead atoms. The largest absolute Gasteiger partial charge is 0.331 e. The number of hydrogen-bond acceptors (Lipinski definition) is 3. The monoisotopic (exact) mass is 324 g/mol. The normalized spacial score (nSPS) is 29.9. The summed E-state index contributed by atoms with van der Waals surface area (Å²) in [5.41, 5.74) is 0.227. The van der Waals surface area contributed by atoms with Gasteiger partial charge in [0.05, 0.1) is 5.52 Å². The van der Waals surface area contributed by atoms with Gasteiger partial charge in [0.15, 0.2) is 5.82 Å². The Bertz CT molecular complexity index is 861. The van der Waals surface area contributed by atoms with Crippen molar-refractivity contribution in [3.63, 3.8) is 0 Å². The summed E-state index contributed by atoms with van der Waals surface area (Å²) in [6, 6.07) is 7.33. The molecule has 5 rings (SSSR count). The summed E-state index contributed by atoms with van der Waals surface area (Å²) >= 11 is 0. The van der Waals surface area contributed by atoms with Crippen LogP contribution in [0.2, 0.25) is 0 Å². The molecule has 6 nitrogen and oxygen atoms in total. The lowest BCUT2D eigenvalue weighted by molar-refractivity contribution is -0.128. The van der Waals surface area contributed by atoms with Crippen LogP contribution in [0, 0.1) is 11.8 Å². The van der Waals surface area contributed by atoms with E-state index in [0.717, 1.165) is 29.7 Å². The molecule has 2 saturated carbocycles. The minimum absolute atomic E-state index is 0.132. The third-order valence-electron chi connectivity index (χ3n) is 6.15. The van der Waals surface area contributed by atoms with Crippen molar-refractivity contribution < 1.29 is 9.59 Å². The van der Waals surface area contributed by atoms with Gasteiger partial charge in [-0.15, -0.1) is 0 Å². The molecule has 1 spiro atoms. The molecule has 1 saturated heterocycles. The SMILES string of the molecule is Cn1nc(N2C(=O)NC3(CC(C4CCC4)C3)C2=O)c2ccccc21. The molecule has 2 aromatic rings. The van der Waals surface area contributed by atoms with E-state index in [1.54, 1.807) is 4.68 Å². The summed E-state index contributed by atoms with van der Waals surface area (Å²) in [6.07, 6.45) is 5.42. The second kappa shape index (κ2) is 4.59. The third-order valence-corrected chi connectivity index (χ3v) is 6.15. The van der Waals surface area contributed by atoms with Crippen molar-refractivity contribution in [3.05, 3.63) is 24.3 Å². The number of nitrogens with zero attached hydrogens (tertiary/aromatic N) is 3. The minimum Gasteiger partial charge on any atom is -0.323 e. The van der Waals surface area contributed by atoms with E-state index in [1.165, 1.54) is 24.2 Å². The van der Waals surface area contributed by atoms with Gasteiger partial charge >= 0.3 is 6.03 Å². The van der Waals surface area contributed by atoms with Gasteiger partial charge < -0.3 is 5.32 Å². The fourth-order valence-electron chi connectivity index (χ4n) is 4.53. The lowest BCUT2D eigenvalue weighted by Gasteiger charge is -2.48. The summed E-state index contributed by atoms with van der Waals surface area (Å²) in [4.78, 5) is 26.8. The first-order valence-electron chi connectivity index (χ1n) is 8.67. The average Bonchev–Trinajstić information content (AvgIpc) is 2.93. The zero-order chi connectivity index (χ0) is 16.5. The summed E-state index contributed by atoms with van der Waals surface area (Å²) in [6.45, 7) is 0. The fourth-order valence-corrected chi connectivity index (χ4v) is 4.53. The average molecular weight is 324 g/mol. The smallest absolute Gasteiger partial charge is 0.323 e. The molecule has 2 aliphatic carbocycles. The maximum Gasteiger partial charge on any atom is 0.331 e. The molecule has 3 amide bonds. The number of para-hydroxylation sites is 1. The quantitative estimate of drug-likeness (QED) is 0.863. The number of amides is 3. The van der Waals surface area contributed by atoms with Crippen molar-refractivity contribution in [3.8, 4) is 0 Å². The topological polar surface area (TPSA) is 67.2 Å². The number of urea groups is 1. The molecule has 1 aromatic heterocycles. The number of anilines is 1. The van der Waals surface area contributed by atoms with E-state index in [4.69, 9.17) is 0 Å². The van der Waals surface area contributed by atoms with Crippen molar-refractivity contribution in [2.24, 2.45) is 18.9 Å². The zero-order valence-electron chi connectivity index (χ0n) is 13.7. The maximum atomic E-state index is 13.0. The van der Waals surface area contributed by atoms with Crippen LogP contribution in [-0.2, 0) is 11.8 Å². The molecule has 0 unspecified atom stereocenters. The predicted octanol–water partition coefficient (Wildman–Crippen LogP) is 2.58. The highest BCUT2D eigenvalue weighted by atomic mass is 16.2. The van der Waals surface area contributed by atoms with Crippen LogP contribution in [0.25, 0.3) is 10.9 Å². The summed E-state index contributed by atoms with van der Waals surface area (Å²) in [5.74, 6) is 1.65. The number of benzene rings is 1. The first-order chi connectivity index (χ1) is 11.6. The van der Waals surface area contributed by atoms with Gasteiger partial charge in [0.1, 0.15) is 5.54 Å². The first kappa shape index (κ1) is 14.0. The molecular weight excluding hydrogens is 304 g/mol. The molecule has 1 aromatic carbocycles. The second-order valence-electron chi connectivity index (χ2n) is 7.48. The van der Waals surface area contributed by atoms with Crippen LogP contribution in [-0.4, -0.2) is 27.3 Å². The van der Waals surface area contributed by atoms with Gasteiger partial charge in [0.2, 0.25) is 0 Å². The van der Waals surface area contributed by atoms with E-state index in [-0.39, 0.29) is 11.9 Å². The molecule has 1 N–H and O–H groups in total. The van der Waals surface area contributed by atoms with Gasteiger partial charge in [0, 0.05) is 12.4 Å². The Balaban J connectivity index is 1.48. The van der Waals surface area contributed by atoms with Crippen molar-refractivity contribution in [2.45, 2.75) is 37.6 Å². The van der Waals surface area contributed by atoms with Crippen molar-refractivity contribution >= 4 is 28.7 Å². The Morgan fingerprint density at radius 2 is 1.92 bits per heavy atom. The number of carbonyl (C=O) groups is 2. The second-order valence-corrected chi connectivity index (χ2v) is 7.48. The van der Waals surface area contributed by atoms with E-state index in [2.05, 4.69) is 10.4 Å². The molecule has 1 aliphatic heterocycles. The number of rotatable bonds is 2. The number of nitrogens with one attached hydrogen (secondary N) is 1. The zero-order valence-corrected chi connectivity index (χ0v) is 13.7. The third kappa shape index (κ3) is 1.68. The maximum absolute atomic E-state index is 13.0. The Kier molecular flexibility index (Phi) is 2.68. The molecule has 3 aliphatic rings. The first-order valence-corrected chi connectivity index (χ1v) is 8.67. The standard InChI is InChI=1S/C18H20N4O2/c1-21-14-8-3-2-7-13(14)15(20-21)22-16(23)18(19-17(22)24)9-12(10-18)11-5-4-6-11/h2-3,7-8,11-12H,4-6,9-10H2,1H3,(H,19,24). The number of imide groups is 1. The van der Waals surface area contributed by atoms with Crippen LogP contribution in [0.5, 0.6) is 0 Å². The van der Waals surface area contributed by atoms with Crippen molar-refractivity contribution in [1.82, 2.24) is 15.1 Å². The van der Waals surface area contributed by atoms with Gasteiger partial charge in [-0.05, 0) is 36.8 Å². The van der Waals surface area contributed by atoms with Crippen molar-refractivity contribution in [1.29, 1.82) is 0 Å². The van der Waals surface area contributed by atoms with E-state index in [1.807, 2.05) is 31.3 Å². The van der Waals surface area contributed by atoms with E-state index in [0.29, 0.717) is 11.7 Å². The lowest BCUT2D eigenvalue weighted by atomic mass is 9.58. The number of aryl methyl sites for hydroxylation is 1. The summed E-state index contributed by atoms with van der Waals surface area (Å²) in [7, 11) is 1.83. The van der Waals surface area contributed by atoms with E-state index >= 15 is 0 Å².